The van der Waals surface area contributed by atoms with Gasteiger partial charge in [-0.05, 0) is 48.9 Å². The number of carbonyl (C=O) groups is 1. The molecule has 0 saturated heterocycles. The number of hydrogen-bond acceptors (Lipinski definition) is 5. The second-order valence-corrected chi connectivity index (χ2v) is 6.24. The highest BCUT2D eigenvalue weighted by molar-refractivity contribution is 6.35. The van der Waals surface area contributed by atoms with Crippen LogP contribution in [0.2, 0.25) is 10.0 Å². The summed E-state index contributed by atoms with van der Waals surface area (Å²) in [4.78, 5) is 12.0. The molecule has 1 aromatic heterocycles. The molecule has 0 spiro atoms. The van der Waals surface area contributed by atoms with Crippen molar-refractivity contribution in [3.05, 3.63) is 58.9 Å². The van der Waals surface area contributed by atoms with E-state index < -0.39 is 0 Å². The predicted molar refractivity (Wildman–Crippen MR) is 99.6 cm³/mol. The third kappa shape index (κ3) is 4.97. The zero-order valence-corrected chi connectivity index (χ0v) is 15.1. The van der Waals surface area contributed by atoms with Gasteiger partial charge in [-0.2, -0.15) is 0 Å². The van der Waals surface area contributed by atoms with Crippen molar-refractivity contribution in [2.24, 2.45) is 0 Å². The van der Waals surface area contributed by atoms with E-state index >= 15 is 0 Å². The number of aromatic nitrogens is 2. The Hall–Kier alpha value is -2.57. The number of nitrogens with one attached hydrogen (secondary N) is 1. The lowest BCUT2D eigenvalue weighted by molar-refractivity contribution is -0.116. The molecule has 3 rings (SSSR count). The average Bonchev–Trinajstić information content (AvgIpc) is 3.15. The quantitative estimate of drug-likeness (QED) is 0.582. The summed E-state index contributed by atoms with van der Waals surface area (Å²) < 4.78 is 10.7. The van der Waals surface area contributed by atoms with Crippen molar-refractivity contribution in [2.45, 2.75) is 12.8 Å². The highest BCUT2D eigenvalue weighted by atomic mass is 35.5. The molecule has 0 aliphatic carbocycles. The van der Waals surface area contributed by atoms with Gasteiger partial charge in [0.1, 0.15) is 5.75 Å². The molecule has 0 unspecified atom stereocenters. The lowest BCUT2D eigenvalue weighted by atomic mass is 10.2. The van der Waals surface area contributed by atoms with Crippen molar-refractivity contribution in [1.29, 1.82) is 0 Å². The van der Waals surface area contributed by atoms with Crippen LogP contribution in [-0.2, 0) is 4.79 Å². The average molecular weight is 392 g/mol. The van der Waals surface area contributed by atoms with Crippen molar-refractivity contribution in [3.63, 3.8) is 0 Å². The predicted octanol–water partition coefficient (Wildman–Crippen LogP) is 4.84. The van der Waals surface area contributed by atoms with Crippen molar-refractivity contribution in [3.8, 4) is 17.2 Å². The van der Waals surface area contributed by atoms with Gasteiger partial charge in [0.2, 0.25) is 18.2 Å². The van der Waals surface area contributed by atoms with Crippen LogP contribution < -0.4 is 10.1 Å². The summed E-state index contributed by atoms with van der Waals surface area (Å²) in [6.07, 6.45) is 2.16. The Morgan fingerprint density at radius 1 is 1.15 bits per heavy atom. The van der Waals surface area contributed by atoms with Crippen LogP contribution in [0.15, 0.2) is 53.3 Å². The van der Waals surface area contributed by atoms with Gasteiger partial charge in [0.25, 0.3) is 0 Å². The van der Waals surface area contributed by atoms with Crippen LogP contribution in [0, 0.1) is 0 Å². The van der Waals surface area contributed by atoms with E-state index in [1.165, 1.54) is 6.39 Å². The first-order chi connectivity index (χ1) is 12.6. The van der Waals surface area contributed by atoms with E-state index in [-0.39, 0.29) is 5.91 Å². The van der Waals surface area contributed by atoms with Crippen LogP contribution in [0.3, 0.4) is 0 Å². The molecule has 2 aromatic carbocycles. The first-order valence-electron chi connectivity index (χ1n) is 7.86. The standard InChI is InChI=1S/C18H15Cl2N3O3/c19-13-5-8-16(15(20)10-13)25-9-1-2-17(24)22-14-6-3-12(4-7-14)18-23-21-11-26-18/h3-8,10-11H,1-2,9H2,(H,22,24). The van der Waals surface area contributed by atoms with Gasteiger partial charge in [-0.15, -0.1) is 10.2 Å². The Morgan fingerprint density at radius 2 is 1.96 bits per heavy atom. The molecule has 0 bridgehead atoms. The molecular weight excluding hydrogens is 377 g/mol. The Bertz CT molecular complexity index is 868. The molecular formula is C18H15Cl2N3O3. The normalized spacial score (nSPS) is 10.5. The smallest absolute Gasteiger partial charge is 0.247 e. The first-order valence-corrected chi connectivity index (χ1v) is 8.62. The number of amides is 1. The summed E-state index contributed by atoms with van der Waals surface area (Å²) in [6.45, 7) is 0.380. The molecule has 1 amide bonds. The molecule has 8 heteroatoms. The fourth-order valence-electron chi connectivity index (χ4n) is 2.23. The number of halogens is 2. The summed E-state index contributed by atoms with van der Waals surface area (Å²) in [6, 6.07) is 12.2. The van der Waals surface area contributed by atoms with Gasteiger partial charge in [-0.3, -0.25) is 4.79 Å². The third-order valence-electron chi connectivity index (χ3n) is 3.48. The molecule has 0 fully saturated rings. The van der Waals surface area contributed by atoms with E-state index in [1.807, 2.05) is 0 Å². The van der Waals surface area contributed by atoms with Gasteiger partial charge in [-0.1, -0.05) is 23.2 Å². The number of nitrogens with zero attached hydrogens (tertiary/aromatic N) is 2. The Balaban J connectivity index is 1.42. The number of rotatable bonds is 7. The van der Waals surface area contributed by atoms with E-state index in [1.54, 1.807) is 42.5 Å². The van der Waals surface area contributed by atoms with Gasteiger partial charge >= 0.3 is 0 Å². The van der Waals surface area contributed by atoms with E-state index in [0.717, 1.165) is 5.56 Å². The Kier molecular flexibility index (Phi) is 6.09. The number of benzene rings is 2. The van der Waals surface area contributed by atoms with Crippen molar-refractivity contribution < 1.29 is 13.9 Å². The number of anilines is 1. The monoisotopic (exact) mass is 391 g/mol. The summed E-state index contributed by atoms with van der Waals surface area (Å²) in [7, 11) is 0. The number of ether oxygens (including phenoxy) is 1. The molecule has 6 nitrogen and oxygen atoms in total. The van der Waals surface area contributed by atoms with Gasteiger partial charge < -0.3 is 14.5 Å². The summed E-state index contributed by atoms with van der Waals surface area (Å²) in [5.74, 6) is 0.885. The second kappa shape index (κ2) is 8.69. The molecule has 0 aliphatic heterocycles. The minimum atomic E-state index is -0.0960. The van der Waals surface area contributed by atoms with Crippen molar-refractivity contribution >= 4 is 34.8 Å². The van der Waals surface area contributed by atoms with Gasteiger partial charge in [0, 0.05) is 22.7 Å². The van der Waals surface area contributed by atoms with E-state index in [9.17, 15) is 4.79 Å². The van der Waals surface area contributed by atoms with Crippen LogP contribution >= 0.6 is 23.2 Å². The SMILES string of the molecule is O=C(CCCOc1ccc(Cl)cc1Cl)Nc1ccc(-c2nnco2)cc1. The van der Waals surface area contributed by atoms with Gasteiger partial charge in [-0.25, -0.2) is 0 Å². The van der Waals surface area contributed by atoms with Gasteiger partial charge in [0.05, 0.1) is 11.6 Å². The number of carbonyl (C=O) groups excluding carboxylic acids is 1. The molecule has 3 aromatic rings. The first kappa shape index (κ1) is 18.2. The second-order valence-electron chi connectivity index (χ2n) is 5.40. The van der Waals surface area contributed by atoms with Crippen molar-refractivity contribution in [1.82, 2.24) is 10.2 Å². The molecule has 26 heavy (non-hydrogen) atoms. The maximum Gasteiger partial charge on any atom is 0.247 e. The minimum absolute atomic E-state index is 0.0960. The molecule has 1 heterocycles. The van der Waals surface area contributed by atoms with Crippen LogP contribution in [0.1, 0.15) is 12.8 Å². The van der Waals surface area contributed by atoms with Gasteiger partial charge in [0.15, 0.2) is 0 Å². The van der Waals surface area contributed by atoms with Crippen LogP contribution in [0.4, 0.5) is 5.69 Å². The minimum Gasteiger partial charge on any atom is -0.492 e. The highest BCUT2D eigenvalue weighted by Gasteiger charge is 2.07. The summed E-state index contributed by atoms with van der Waals surface area (Å²) >= 11 is 11.9. The number of hydrogen-bond donors (Lipinski definition) is 1. The molecule has 0 saturated carbocycles. The van der Waals surface area contributed by atoms with Crippen molar-refractivity contribution in [2.75, 3.05) is 11.9 Å². The van der Waals surface area contributed by atoms with E-state index in [4.69, 9.17) is 32.4 Å². The summed E-state index contributed by atoms with van der Waals surface area (Å²) in [5.41, 5.74) is 1.48. The largest absolute Gasteiger partial charge is 0.492 e. The highest BCUT2D eigenvalue weighted by Crippen LogP contribution is 2.27. The molecule has 134 valence electrons. The van der Waals surface area contributed by atoms with Crippen LogP contribution in [0.5, 0.6) is 5.75 Å². The zero-order chi connectivity index (χ0) is 18.4. The van der Waals surface area contributed by atoms with Crippen LogP contribution in [0.25, 0.3) is 11.5 Å². The topological polar surface area (TPSA) is 77.2 Å². The molecule has 1 N–H and O–H groups in total. The zero-order valence-electron chi connectivity index (χ0n) is 13.6. The Labute approximate surface area is 160 Å². The maximum absolute atomic E-state index is 12.0. The van der Waals surface area contributed by atoms with Crippen LogP contribution in [-0.4, -0.2) is 22.7 Å². The van der Waals surface area contributed by atoms with E-state index in [0.29, 0.717) is 46.8 Å². The lowest BCUT2D eigenvalue weighted by Crippen LogP contribution is -2.12. The molecule has 0 atom stereocenters. The fraction of sp³-hybridized carbons (Fsp3) is 0.167. The van der Waals surface area contributed by atoms with E-state index in [2.05, 4.69) is 15.5 Å². The Morgan fingerprint density at radius 3 is 2.65 bits per heavy atom. The lowest BCUT2D eigenvalue weighted by Gasteiger charge is -2.09. The fourth-order valence-corrected chi connectivity index (χ4v) is 2.69. The third-order valence-corrected chi connectivity index (χ3v) is 4.01. The summed E-state index contributed by atoms with van der Waals surface area (Å²) in [5, 5.41) is 11.3. The maximum atomic E-state index is 12.0. The molecule has 0 radical (unpaired) electrons. The molecule has 0 aliphatic rings.